The van der Waals surface area contributed by atoms with Gasteiger partial charge in [-0.3, -0.25) is 0 Å². The van der Waals surface area contributed by atoms with Gasteiger partial charge < -0.3 is 5.73 Å². The molecule has 2 aliphatic rings. The van der Waals surface area contributed by atoms with Gasteiger partial charge in [0.15, 0.2) is 0 Å². The maximum absolute atomic E-state index is 6.21. The van der Waals surface area contributed by atoms with Crippen LogP contribution in [-0.4, -0.2) is 0 Å². The fraction of sp³-hybridized carbons (Fsp3) is 0.273. The first-order valence-electron chi connectivity index (χ1n) is 8.55. The van der Waals surface area contributed by atoms with E-state index in [1.165, 1.54) is 16.7 Å². The summed E-state index contributed by atoms with van der Waals surface area (Å²) in [4.78, 5) is 0. The van der Waals surface area contributed by atoms with Gasteiger partial charge in [0.2, 0.25) is 0 Å². The summed E-state index contributed by atoms with van der Waals surface area (Å²) in [5.74, 6) is 0.824. The van der Waals surface area contributed by atoms with Gasteiger partial charge in [-0.25, -0.2) is 0 Å². The first-order valence-corrected chi connectivity index (χ1v) is 8.55. The van der Waals surface area contributed by atoms with Crippen molar-refractivity contribution in [1.29, 1.82) is 0 Å². The molecule has 3 rings (SSSR count). The van der Waals surface area contributed by atoms with Gasteiger partial charge in [-0.1, -0.05) is 79.8 Å². The van der Waals surface area contributed by atoms with Crippen molar-refractivity contribution in [1.82, 2.24) is 0 Å². The first kappa shape index (κ1) is 15.6. The molecule has 23 heavy (non-hydrogen) atoms. The highest BCUT2D eigenvalue weighted by atomic mass is 14.6. The van der Waals surface area contributed by atoms with Crippen molar-refractivity contribution < 1.29 is 0 Å². The zero-order chi connectivity index (χ0) is 16.1. The molecule has 0 fully saturated rings. The number of hydrogen-bond donors (Lipinski definition) is 1. The molecule has 2 N–H and O–H groups in total. The smallest absolute Gasteiger partial charge is 0.0204 e. The first-order chi connectivity index (χ1) is 11.3. The Bertz CT molecular complexity index is 700. The minimum absolute atomic E-state index is 0.330. The van der Waals surface area contributed by atoms with E-state index in [0.29, 0.717) is 11.8 Å². The Morgan fingerprint density at radius 3 is 2.91 bits per heavy atom. The molecule has 0 saturated heterocycles. The standard InChI is InChI=1S/C22H25N/c1-2-8-22(23)21-14-7-13-20(16-21)19-12-6-11-18(15-19)17-9-4-3-5-10-17/h3-9,11-13,15-17,21H,2,10,14,23H2,1H3/b22-8+. The van der Waals surface area contributed by atoms with Crippen LogP contribution >= 0.6 is 0 Å². The van der Waals surface area contributed by atoms with Crippen LogP contribution < -0.4 is 5.73 Å². The van der Waals surface area contributed by atoms with Crippen LogP contribution in [0.25, 0.3) is 5.57 Å². The molecule has 1 aromatic carbocycles. The molecule has 0 radical (unpaired) electrons. The highest BCUT2D eigenvalue weighted by Crippen LogP contribution is 2.31. The summed E-state index contributed by atoms with van der Waals surface area (Å²) in [6.45, 7) is 2.13. The van der Waals surface area contributed by atoms with E-state index in [0.717, 1.165) is 25.0 Å². The van der Waals surface area contributed by atoms with Crippen molar-refractivity contribution in [3.8, 4) is 0 Å². The molecule has 0 saturated carbocycles. The Morgan fingerprint density at radius 2 is 2.13 bits per heavy atom. The van der Waals surface area contributed by atoms with E-state index in [4.69, 9.17) is 5.73 Å². The van der Waals surface area contributed by atoms with Gasteiger partial charge in [-0.2, -0.15) is 0 Å². The quantitative estimate of drug-likeness (QED) is 0.781. The van der Waals surface area contributed by atoms with Gasteiger partial charge in [0.1, 0.15) is 0 Å². The number of hydrogen-bond acceptors (Lipinski definition) is 1. The van der Waals surface area contributed by atoms with Crippen LogP contribution in [0.1, 0.15) is 43.2 Å². The number of nitrogens with two attached hydrogens (primary N) is 1. The van der Waals surface area contributed by atoms with Crippen LogP contribution in [0.3, 0.4) is 0 Å². The van der Waals surface area contributed by atoms with E-state index < -0.39 is 0 Å². The molecule has 1 aromatic rings. The van der Waals surface area contributed by atoms with Crippen LogP contribution in [0.5, 0.6) is 0 Å². The highest BCUT2D eigenvalue weighted by Gasteiger charge is 2.14. The topological polar surface area (TPSA) is 26.0 Å². The van der Waals surface area contributed by atoms with Crippen LogP contribution in [0.4, 0.5) is 0 Å². The lowest BCUT2D eigenvalue weighted by atomic mass is 9.87. The Kier molecular flexibility index (Phi) is 4.97. The zero-order valence-corrected chi connectivity index (χ0v) is 13.8. The van der Waals surface area contributed by atoms with Crippen molar-refractivity contribution >= 4 is 5.57 Å². The lowest BCUT2D eigenvalue weighted by molar-refractivity contribution is 0.752. The summed E-state index contributed by atoms with van der Waals surface area (Å²) in [5.41, 5.74) is 11.2. The Balaban J connectivity index is 1.86. The van der Waals surface area contributed by atoms with E-state index in [9.17, 15) is 0 Å². The number of rotatable bonds is 4. The Hall–Kier alpha value is -2.28. The highest BCUT2D eigenvalue weighted by molar-refractivity contribution is 5.76. The van der Waals surface area contributed by atoms with E-state index in [1.54, 1.807) is 0 Å². The second-order valence-electron chi connectivity index (χ2n) is 6.26. The average Bonchev–Trinajstić information content (AvgIpc) is 2.63. The summed E-state index contributed by atoms with van der Waals surface area (Å²) in [5, 5.41) is 0. The van der Waals surface area contributed by atoms with Crippen molar-refractivity contribution in [3.05, 3.63) is 89.7 Å². The molecule has 1 nitrogen and oxygen atoms in total. The maximum atomic E-state index is 6.21. The summed E-state index contributed by atoms with van der Waals surface area (Å²) < 4.78 is 0. The van der Waals surface area contributed by atoms with Crippen molar-refractivity contribution in [2.45, 2.75) is 32.1 Å². The minimum atomic E-state index is 0.330. The second kappa shape index (κ2) is 7.32. The minimum Gasteiger partial charge on any atom is -0.402 e. The third-order valence-electron chi connectivity index (χ3n) is 4.56. The van der Waals surface area contributed by atoms with Gasteiger partial charge in [0, 0.05) is 17.5 Å². The van der Waals surface area contributed by atoms with Gasteiger partial charge in [0.05, 0.1) is 0 Å². The molecule has 0 aromatic heterocycles. The molecule has 118 valence electrons. The summed E-state index contributed by atoms with van der Waals surface area (Å²) in [6, 6.07) is 8.92. The maximum Gasteiger partial charge on any atom is 0.0204 e. The fourth-order valence-corrected chi connectivity index (χ4v) is 3.27. The molecule has 1 heteroatoms. The van der Waals surface area contributed by atoms with E-state index >= 15 is 0 Å². The van der Waals surface area contributed by atoms with Gasteiger partial charge in [-0.05, 0) is 36.0 Å². The Morgan fingerprint density at radius 1 is 1.22 bits per heavy atom. The molecule has 2 aliphatic carbocycles. The van der Waals surface area contributed by atoms with Gasteiger partial charge >= 0.3 is 0 Å². The Labute approximate surface area is 139 Å². The third kappa shape index (κ3) is 3.73. The second-order valence-corrected chi connectivity index (χ2v) is 6.26. The fourth-order valence-electron chi connectivity index (χ4n) is 3.27. The lowest BCUT2D eigenvalue weighted by Crippen LogP contribution is -2.11. The number of allylic oxidation sites excluding steroid dienone is 9. The van der Waals surface area contributed by atoms with Crippen LogP contribution in [0.15, 0.2) is 78.6 Å². The van der Waals surface area contributed by atoms with Gasteiger partial charge in [0.25, 0.3) is 0 Å². The van der Waals surface area contributed by atoms with Crippen molar-refractivity contribution in [2.75, 3.05) is 0 Å². The van der Waals surface area contributed by atoms with E-state index in [1.807, 2.05) is 0 Å². The van der Waals surface area contributed by atoms with Crippen molar-refractivity contribution in [3.63, 3.8) is 0 Å². The summed E-state index contributed by atoms with van der Waals surface area (Å²) >= 11 is 0. The van der Waals surface area contributed by atoms with Crippen LogP contribution in [0, 0.1) is 5.92 Å². The predicted octanol–water partition coefficient (Wildman–Crippen LogP) is 5.50. The van der Waals surface area contributed by atoms with Crippen molar-refractivity contribution in [2.24, 2.45) is 11.7 Å². The number of benzene rings is 1. The lowest BCUT2D eigenvalue weighted by Gasteiger charge is -2.19. The monoisotopic (exact) mass is 303 g/mol. The predicted molar refractivity (Wildman–Crippen MR) is 99.9 cm³/mol. The van der Waals surface area contributed by atoms with E-state index in [2.05, 4.69) is 79.8 Å². The molecule has 0 heterocycles. The molecule has 2 unspecified atom stereocenters. The molecule has 0 bridgehead atoms. The van der Waals surface area contributed by atoms with Crippen LogP contribution in [0.2, 0.25) is 0 Å². The zero-order valence-electron chi connectivity index (χ0n) is 13.8. The molecule has 0 aliphatic heterocycles. The normalized spacial score (nSPS) is 23.9. The largest absolute Gasteiger partial charge is 0.402 e. The molecule has 0 amide bonds. The molecular weight excluding hydrogens is 278 g/mol. The van der Waals surface area contributed by atoms with Crippen LogP contribution in [-0.2, 0) is 0 Å². The third-order valence-corrected chi connectivity index (χ3v) is 4.56. The summed E-state index contributed by atoms with van der Waals surface area (Å²) in [6.07, 6.45) is 20.8. The molecular formula is C22H25N. The van der Waals surface area contributed by atoms with Gasteiger partial charge in [-0.15, -0.1) is 0 Å². The average molecular weight is 303 g/mol. The SMILES string of the molecule is CC/C=C(/N)C1C=C(c2cccc(C3C=CC=CC3)c2)C=CC1. The molecule has 0 spiro atoms. The van der Waals surface area contributed by atoms with E-state index in [-0.39, 0.29) is 0 Å². The molecule has 2 atom stereocenters. The summed E-state index contributed by atoms with van der Waals surface area (Å²) in [7, 11) is 0.